The molecule has 1 aromatic rings. The van der Waals surface area contributed by atoms with Crippen molar-refractivity contribution >= 4 is 17.3 Å². The Morgan fingerprint density at radius 2 is 2.23 bits per heavy atom. The highest BCUT2D eigenvalue weighted by atomic mass is 16.2. The molecule has 0 bridgehead atoms. The number of amides is 1. The molecule has 1 aliphatic heterocycles. The molecule has 13 heavy (non-hydrogen) atoms. The highest BCUT2D eigenvalue weighted by Crippen LogP contribution is 2.30. The topological polar surface area (TPSA) is 32.3 Å². The summed E-state index contributed by atoms with van der Waals surface area (Å²) in [6.07, 6.45) is 0. The molecule has 2 rings (SSSR count). The minimum atomic E-state index is 0.0595. The van der Waals surface area contributed by atoms with Crippen LogP contribution >= 0.6 is 0 Å². The van der Waals surface area contributed by atoms with E-state index >= 15 is 0 Å². The van der Waals surface area contributed by atoms with Gasteiger partial charge < -0.3 is 10.2 Å². The number of carbonyl (C=O) groups is 1. The number of anilines is 2. The Hall–Kier alpha value is -1.51. The second kappa shape index (κ2) is 2.76. The molecule has 0 radical (unpaired) electrons. The van der Waals surface area contributed by atoms with Crippen LogP contribution in [-0.2, 0) is 4.79 Å². The van der Waals surface area contributed by atoms with Gasteiger partial charge in [-0.2, -0.15) is 0 Å². The molecule has 3 heteroatoms. The number of fused-ring (bicyclic) bond motifs is 1. The van der Waals surface area contributed by atoms with Crippen LogP contribution in [0.1, 0.15) is 5.56 Å². The summed E-state index contributed by atoms with van der Waals surface area (Å²) in [7, 11) is 1.93. The van der Waals surface area contributed by atoms with Crippen LogP contribution in [0.15, 0.2) is 18.2 Å². The third-order valence-electron chi connectivity index (χ3n) is 2.31. The minimum absolute atomic E-state index is 0.0595. The molecule has 1 aliphatic rings. The van der Waals surface area contributed by atoms with E-state index in [1.165, 1.54) is 0 Å². The standard InChI is InChI=1S/C10H12N2O/c1-7-4-3-5-8-10(7)11-9(13)6-12(8)2/h3-5H,6H2,1-2H3,(H,11,13). The van der Waals surface area contributed by atoms with Crippen LogP contribution in [0.25, 0.3) is 0 Å². The predicted octanol–water partition coefficient (Wildman–Crippen LogP) is 1.38. The zero-order valence-electron chi connectivity index (χ0n) is 7.79. The normalized spacial score (nSPS) is 15.2. The van der Waals surface area contributed by atoms with Crippen LogP contribution in [0, 0.1) is 6.92 Å². The molecule has 0 saturated heterocycles. The third kappa shape index (κ3) is 1.26. The fourth-order valence-corrected chi connectivity index (χ4v) is 1.61. The molecule has 1 N–H and O–H groups in total. The van der Waals surface area contributed by atoms with Gasteiger partial charge in [0, 0.05) is 7.05 Å². The number of benzene rings is 1. The number of para-hydroxylation sites is 1. The third-order valence-corrected chi connectivity index (χ3v) is 2.31. The van der Waals surface area contributed by atoms with E-state index in [1.807, 2.05) is 37.1 Å². The molecule has 1 aromatic carbocycles. The molecular formula is C10H12N2O. The summed E-state index contributed by atoms with van der Waals surface area (Å²) < 4.78 is 0. The Labute approximate surface area is 77.4 Å². The molecule has 1 heterocycles. The summed E-state index contributed by atoms with van der Waals surface area (Å²) in [4.78, 5) is 13.2. The summed E-state index contributed by atoms with van der Waals surface area (Å²) in [5, 5.41) is 2.88. The Kier molecular flexibility index (Phi) is 1.72. The van der Waals surface area contributed by atoms with E-state index in [4.69, 9.17) is 0 Å². The number of hydrogen-bond donors (Lipinski definition) is 1. The summed E-state index contributed by atoms with van der Waals surface area (Å²) >= 11 is 0. The molecule has 0 spiro atoms. The maximum absolute atomic E-state index is 11.2. The first-order valence-electron chi connectivity index (χ1n) is 4.29. The van der Waals surface area contributed by atoms with Crippen LogP contribution in [0.5, 0.6) is 0 Å². The quantitative estimate of drug-likeness (QED) is 0.647. The molecule has 0 saturated carbocycles. The van der Waals surface area contributed by atoms with Crippen molar-refractivity contribution in [2.75, 3.05) is 23.8 Å². The van der Waals surface area contributed by atoms with Crippen molar-refractivity contribution in [3.8, 4) is 0 Å². The van der Waals surface area contributed by atoms with E-state index in [9.17, 15) is 4.79 Å². The lowest BCUT2D eigenvalue weighted by Crippen LogP contribution is -2.35. The number of hydrogen-bond acceptors (Lipinski definition) is 2. The van der Waals surface area contributed by atoms with Gasteiger partial charge in [0.15, 0.2) is 0 Å². The van der Waals surface area contributed by atoms with Crippen LogP contribution in [0.2, 0.25) is 0 Å². The van der Waals surface area contributed by atoms with Crippen LogP contribution in [-0.4, -0.2) is 19.5 Å². The Morgan fingerprint density at radius 3 is 3.00 bits per heavy atom. The average Bonchev–Trinajstić information content (AvgIpc) is 2.07. The lowest BCUT2D eigenvalue weighted by atomic mass is 10.1. The van der Waals surface area contributed by atoms with Crippen molar-refractivity contribution in [3.05, 3.63) is 23.8 Å². The average molecular weight is 176 g/mol. The summed E-state index contributed by atoms with van der Waals surface area (Å²) in [6, 6.07) is 6.02. The van der Waals surface area contributed by atoms with Crippen molar-refractivity contribution in [3.63, 3.8) is 0 Å². The van der Waals surface area contributed by atoms with Crippen molar-refractivity contribution in [1.82, 2.24) is 0 Å². The van der Waals surface area contributed by atoms with Crippen molar-refractivity contribution in [1.29, 1.82) is 0 Å². The smallest absolute Gasteiger partial charge is 0.243 e. The second-order valence-electron chi connectivity index (χ2n) is 3.37. The zero-order chi connectivity index (χ0) is 9.42. The Morgan fingerprint density at radius 1 is 1.46 bits per heavy atom. The lowest BCUT2D eigenvalue weighted by Gasteiger charge is -2.28. The number of nitrogens with zero attached hydrogens (tertiary/aromatic N) is 1. The first-order valence-corrected chi connectivity index (χ1v) is 4.29. The number of aryl methyl sites for hydroxylation is 1. The summed E-state index contributed by atoms with van der Waals surface area (Å²) in [5.74, 6) is 0.0595. The molecule has 1 amide bonds. The zero-order valence-corrected chi connectivity index (χ0v) is 7.79. The first-order chi connectivity index (χ1) is 6.18. The van der Waals surface area contributed by atoms with Gasteiger partial charge in [0.2, 0.25) is 5.91 Å². The van der Waals surface area contributed by atoms with Gasteiger partial charge in [0.05, 0.1) is 17.9 Å². The Balaban J connectivity index is 2.54. The van der Waals surface area contributed by atoms with Crippen molar-refractivity contribution in [2.24, 2.45) is 0 Å². The fourth-order valence-electron chi connectivity index (χ4n) is 1.61. The van der Waals surface area contributed by atoms with Gasteiger partial charge in [-0.3, -0.25) is 4.79 Å². The number of likely N-dealkylation sites (N-methyl/N-ethyl adjacent to an activating group) is 1. The van der Waals surface area contributed by atoms with Gasteiger partial charge in [-0.15, -0.1) is 0 Å². The molecule has 3 nitrogen and oxygen atoms in total. The Bertz CT molecular complexity index is 360. The highest BCUT2D eigenvalue weighted by Gasteiger charge is 2.19. The molecule has 0 unspecified atom stereocenters. The predicted molar refractivity (Wildman–Crippen MR) is 53.1 cm³/mol. The van der Waals surface area contributed by atoms with E-state index in [0.717, 1.165) is 16.9 Å². The van der Waals surface area contributed by atoms with Gasteiger partial charge in [-0.05, 0) is 18.6 Å². The lowest BCUT2D eigenvalue weighted by molar-refractivity contribution is -0.115. The second-order valence-corrected chi connectivity index (χ2v) is 3.37. The van der Waals surface area contributed by atoms with E-state index < -0.39 is 0 Å². The van der Waals surface area contributed by atoms with Crippen molar-refractivity contribution < 1.29 is 4.79 Å². The monoisotopic (exact) mass is 176 g/mol. The van der Waals surface area contributed by atoms with Gasteiger partial charge in [-0.25, -0.2) is 0 Å². The van der Waals surface area contributed by atoms with E-state index in [0.29, 0.717) is 6.54 Å². The number of rotatable bonds is 0. The van der Waals surface area contributed by atoms with Crippen LogP contribution in [0.3, 0.4) is 0 Å². The van der Waals surface area contributed by atoms with Crippen LogP contribution < -0.4 is 10.2 Å². The molecule has 0 atom stereocenters. The summed E-state index contributed by atoms with van der Waals surface area (Å²) in [6.45, 7) is 2.44. The van der Waals surface area contributed by atoms with E-state index in [2.05, 4.69) is 5.32 Å². The molecule has 0 fully saturated rings. The summed E-state index contributed by atoms with van der Waals surface area (Å²) in [5.41, 5.74) is 3.15. The maximum Gasteiger partial charge on any atom is 0.243 e. The van der Waals surface area contributed by atoms with Gasteiger partial charge in [-0.1, -0.05) is 12.1 Å². The largest absolute Gasteiger partial charge is 0.364 e. The first kappa shape index (κ1) is 8.10. The SMILES string of the molecule is Cc1cccc2c1NC(=O)CN2C. The van der Waals surface area contributed by atoms with Gasteiger partial charge in [0.1, 0.15) is 0 Å². The number of nitrogens with one attached hydrogen (secondary N) is 1. The molecule has 68 valence electrons. The van der Waals surface area contributed by atoms with Crippen molar-refractivity contribution in [2.45, 2.75) is 6.92 Å². The maximum atomic E-state index is 11.2. The van der Waals surface area contributed by atoms with Gasteiger partial charge in [0.25, 0.3) is 0 Å². The molecule has 0 aliphatic carbocycles. The highest BCUT2D eigenvalue weighted by molar-refractivity contribution is 6.01. The fraction of sp³-hybridized carbons (Fsp3) is 0.300. The van der Waals surface area contributed by atoms with Gasteiger partial charge >= 0.3 is 0 Å². The molecule has 0 aromatic heterocycles. The van der Waals surface area contributed by atoms with E-state index in [-0.39, 0.29) is 5.91 Å². The number of carbonyl (C=O) groups excluding carboxylic acids is 1. The molecular weight excluding hydrogens is 164 g/mol. The minimum Gasteiger partial charge on any atom is -0.364 e. The van der Waals surface area contributed by atoms with Crippen LogP contribution in [0.4, 0.5) is 11.4 Å². The van der Waals surface area contributed by atoms with E-state index in [1.54, 1.807) is 0 Å².